The summed E-state index contributed by atoms with van der Waals surface area (Å²) in [6.45, 7) is 4.33. The van der Waals surface area contributed by atoms with E-state index < -0.39 is 35.8 Å². The second kappa shape index (κ2) is 12.6. The molecule has 2 N–H and O–H groups in total. The molecule has 0 saturated carbocycles. The Bertz CT molecular complexity index is 1330. The standard InChI is InChI=1S/C28H30N4O6S/c1-4-22(33)21-16-39-27(29-21)31-25(34)24(17(2)18-8-6-5-7-9-18)32-26(35)23(30-28(32)36)19-10-12-20(13-11-19)38-15-14-37-3/h5-13,16-17,23-24H,4,14-15H2,1-3H3,(H,30,36)(H,29,31,34). The Morgan fingerprint density at radius 3 is 2.49 bits per heavy atom. The van der Waals surface area contributed by atoms with Crippen LogP contribution in [0.1, 0.15) is 53.8 Å². The second-order valence-electron chi connectivity index (χ2n) is 8.95. The number of aromatic nitrogens is 1. The number of benzene rings is 2. The first kappa shape index (κ1) is 27.9. The van der Waals surface area contributed by atoms with Crippen molar-refractivity contribution in [3.63, 3.8) is 0 Å². The first-order valence-electron chi connectivity index (χ1n) is 12.5. The number of hydrogen-bond acceptors (Lipinski definition) is 8. The molecule has 1 aromatic heterocycles. The Balaban J connectivity index is 1.59. The van der Waals surface area contributed by atoms with E-state index in [0.717, 1.165) is 21.8 Å². The summed E-state index contributed by atoms with van der Waals surface area (Å²) < 4.78 is 10.6. The number of imide groups is 1. The van der Waals surface area contributed by atoms with Gasteiger partial charge in [-0.15, -0.1) is 11.3 Å². The lowest BCUT2D eigenvalue weighted by molar-refractivity contribution is -0.134. The smallest absolute Gasteiger partial charge is 0.325 e. The zero-order chi connectivity index (χ0) is 27.9. The fourth-order valence-corrected chi connectivity index (χ4v) is 5.03. The van der Waals surface area contributed by atoms with Crippen molar-refractivity contribution >= 4 is 40.1 Å². The van der Waals surface area contributed by atoms with Gasteiger partial charge in [-0.1, -0.05) is 56.3 Å². The molecule has 204 valence electrons. The van der Waals surface area contributed by atoms with Gasteiger partial charge in [0.25, 0.3) is 5.91 Å². The second-order valence-corrected chi connectivity index (χ2v) is 9.81. The van der Waals surface area contributed by atoms with E-state index in [1.807, 2.05) is 30.3 Å². The molecule has 39 heavy (non-hydrogen) atoms. The third-order valence-electron chi connectivity index (χ3n) is 6.43. The largest absolute Gasteiger partial charge is 0.491 e. The highest BCUT2D eigenvalue weighted by molar-refractivity contribution is 7.14. The molecule has 1 aliphatic rings. The molecule has 2 aromatic carbocycles. The molecule has 0 spiro atoms. The number of nitrogens with zero attached hydrogens (tertiary/aromatic N) is 2. The molecule has 10 nitrogen and oxygen atoms in total. The molecule has 1 fully saturated rings. The summed E-state index contributed by atoms with van der Waals surface area (Å²) in [4.78, 5) is 57.7. The quantitative estimate of drug-likeness (QED) is 0.197. The van der Waals surface area contributed by atoms with E-state index in [2.05, 4.69) is 15.6 Å². The molecule has 3 unspecified atom stereocenters. The molecule has 1 saturated heterocycles. The summed E-state index contributed by atoms with van der Waals surface area (Å²) in [5.74, 6) is -1.20. The van der Waals surface area contributed by atoms with Crippen molar-refractivity contribution < 1.29 is 28.7 Å². The number of thiazole rings is 1. The zero-order valence-corrected chi connectivity index (χ0v) is 22.7. The fraction of sp³-hybridized carbons (Fsp3) is 0.321. The first-order valence-corrected chi connectivity index (χ1v) is 13.4. The lowest BCUT2D eigenvalue weighted by atomic mass is 9.91. The van der Waals surface area contributed by atoms with Crippen LogP contribution in [0.2, 0.25) is 0 Å². The average molecular weight is 551 g/mol. The SMILES string of the molecule is CCC(=O)c1csc(NC(=O)C(C(C)c2ccccc2)N2C(=O)NC(c3ccc(OCCOC)cc3)C2=O)n1. The minimum absolute atomic E-state index is 0.145. The number of methoxy groups -OCH3 is 1. The Kier molecular flexibility index (Phi) is 9.05. The van der Waals surface area contributed by atoms with E-state index in [1.54, 1.807) is 50.6 Å². The molecule has 1 aliphatic heterocycles. The molecule has 0 bridgehead atoms. The van der Waals surface area contributed by atoms with Crippen LogP contribution in [0.15, 0.2) is 60.0 Å². The summed E-state index contributed by atoms with van der Waals surface area (Å²) in [7, 11) is 1.58. The van der Waals surface area contributed by atoms with Crippen molar-refractivity contribution in [2.75, 3.05) is 25.6 Å². The van der Waals surface area contributed by atoms with E-state index in [0.29, 0.717) is 24.5 Å². The molecular weight excluding hydrogens is 520 g/mol. The van der Waals surface area contributed by atoms with Crippen LogP contribution < -0.4 is 15.4 Å². The molecule has 4 rings (SSSR count). The minimum atomic E-state index is -1.17. The third-order valence-corrected chi connectivity index (χ3v) is 7.19. The van der Waals surface area contributed by atoms with Crippen molar-refractivity contribution in [3.8, 4) is 5.75 Å². The van der Waals surface area contributed by atoms with Gasteiger partial charge in [0.05, 0.1) is 6.61 Å². The molecule has 0 aliphatic carbocycles. The number of nitrogens with one attached hydrogen (secondary N) is 2. The van der Waals surface area contributed by atoms with Gasteiger partial charge in [-0.3, -0.25) is 14.4 Å². The van der Waals surface area contributed by atoms with Crippen molar-refractivity contribution in [2.45, 2.75) is 38.3 Å². The molecular formula is C28H30N4O6S. The normalized spacial score (nSPS) is 16.5. The third kappa shape index (κ3) is 6.32. The Morgan fingerprint density at radius 1 is 1.10 bits per heavy atom. The number of amides is 4. The van der Waals surface area contributed by atoms with Crippen LogP contribution in [0, 0.1) is 0 Å². The maximum Gasteiger partial charge on any atom is 0.325 e. The molecule has 4 amide bonds. The van der Waals surface area contributed by atoms with Gasteiger partial charge < -0.3 is 20.1 Å². The van der Waals surface area contributed by atoms with E-state index >= 15 is 0 Å². The number of hydrogen-bond donors (Lipinski definition) is 2. The van der Waals surface area contributed by atoms with Crippen LogP contribution in [-0.4, -0.2) is 59.9 Å². The van der Waals surface area contributed by atoms with Gasteiger partial charge in [0.2, 0.25) is 5.91 Å². The Morgan fingerprint density at radius 2 is 1.82 bits per heavy atom. The molecule has 11 heteroatoms. The molecule has 2 heterocycles. The van der Waals surface area contributed by atoms with E-state index in [1.165, 1.54) is 0 Å². The van der Waals surface area contributed by atoms with Gasteiger partial charge in [0.15, 0.2) is 10.9 Å². The average Bonchev–Trinajstić information content (AvgIpc) is 3.53. The Labute approximate surface area is 230 Å². The predicted octanol–water partition coefficient (Wildman–Crippen LogP) is 4.16. The van der Waals surface area contributed by atoms with Crippen LogP contribution in [-0.2, 0) is 14.3 Å². The highest BCUT2D eigenvalue weighted by Gasteiger charge is 2.47. The van der Waals surface area contributed by atoms with Gasteiger partial charge in [-0.05, 0) is 23.3 Å². The van der Waals surface area contributed by atoms with Crippen LogP contribution in [0.4, 0.5) is 9.93 Å². The minimum Gasteiger partial charge on any atom is -0.491 e. The van der Waals surface area contributed by atoms with Crippen molar-refractivity contribution in [3.05, 3.63) is 76.8 Å². The number of rotatable bonds is 12. The summed E-state index contributed by atoms with van der Waals surface area (Å²) >= 11 is 1.11. The van der Waals surface area contributed by atoms with Crippen LogP contribution >= 0.6 is 11.3 Å². The van der Waals surface area contributed by atoms with Gasteiger partial charge in [-0.25, -0.2) is 14.7 Å². The molecule has 3 aromatic rings. The maximum atomic E-state index is 13.6. The maximum absolute atomic E-state index is 13.6. The van der Waals surface area contributed by atoms with Crippen molar-refractivity contribution in [1.29, 1.82) is 0 Å². The number of ether oxygens (including phenoxy) is 2. The van der Waals surface area contributed by atoms with Crippen LogP contribution in [0.25, 0.3) is 0 Å². The first-order chi connectivity index (χ1) is 18.8. The summed E-state index contributed by atoms with van der Waals surface area (Å²) in [6, 6.07) is 13.2. The number of anilines is 1. The highest BCUT2D eigenvalue weighted by Crippen LogP contribution is 2.32. The monoisotopic (exact) mass is 550 g/mol. The lowest BCUT2D eigenvalue weighted by Crippen LogP contribution is -2.50. The van der Waals surface area contributed by atoms with Crippen molar-refractivity contribution in [2.24, 2.45) is 0 Å². The fourth-order valence-electron chi connectivity index (χ4n) is 4.31. The lowest BCUT2D eigenvalue weighted by Gasteiger charge is -2.29. The summed E-state index contributed by atoms with van der Waals surface area (Å²) in [5.41, 5.74) is 1.60. The number of ketones is 1. The predicted molar refractivity (Wildman–Crippen MR) is 146 cm³/mol. The number of carbonyl (C=O) groups excluding carboxylic acids is 4. The molecule has 3 atom stereocenters. The van der Waals surface area contributed by atoms with E-state index in [4.69, 9.17) is 9.47 Å². The molecule has 0 radical (unpaired) electrons. The van der Waals surface area contributed by atoms with Gasteiger partial charge in [0.1, 0.15) is 30.1 Å². The summed E-state index contributed by atoms with van der Waals surface area (Å²) in [5, 5.41) is 7.22. The topological polar surface area (TPSA) is 127 Å². The van der Waals surface area contributed by atoms with Crippen molar-refractivity contribution in [1.82, 2.24) is 15.2 Å². The number of Topliss-reactive ketones (excluding diaryl/α,β-unsaturated/α-hetero) is 1. The van der Waals surface area contributed by atoms with Crippen LogP contribution in [0.5, 0.6) is 5.75 Å². The Hall–Kier alpha value is -4.09. The van der Waals surface area contributed by atoms with Gasteiger partial charge in [-0.2, -0.15) is 0 Å². The van der Waals surface area contributed by atoms with E-state index in [-0.39, 0.29) is 23.0 Å². The summed E-state index contributed by atoms with van der Waals surface area (Å²) in [6.07, 6.45) is 0.287. The van der Waals surface area contributed by atoms with Gasteiger partial charge in [0, 0.05) is 24.8 Å². The zero-order valence-electron chi connectivity index (χ0n) is 21.9. The number of carbonyl (C=O) groups is 4. The van der Waals surface area contributed by atoms with E-state index in [9.17, 15) is 19.2 Å². The van der Waals surface area contributed by atoms with Crippen LogP contribution in [0.3, 0.4) is 0 Å². The number of urea groups is 1. The van der Waals surface area contributed by atoms with Gasteiger partial charge >= 0.3 is 6.03 Å². The highest BCUT2D eigenvalue weighted by atomic mass is 32.1.